The number of methoxy groups -OCH3 is 1. The second-order valence-electron chi connectivity index (χ2n) is 12.6. The fourth-order valence-electron chi connectivity index (χ4n) is 6.36. The maximum Gasteiger partial charge on any atom is 0.318 e. The number of anilines is 2. The highest BCUT2D eigenvalue weighted by molar-refractivity contribution is 7.13. The molecule has 13 heteroatoms. The molecule has 12 nitrogen and oxygen atoms in total. The molecule has 51 heavy (non-hydrogen) atoms. The number of hydrogen-bond donors (Lipinski definition) is 0. The minimum atomic E-state index is 0.0161. The van der Waals surface area contributed by atoms with Crippen LogP contribution >= 0.6 is 11.3 Å². The number of aryl methyl sites for hydroxylation is 2. The van der Waals surface area contributed by atoms with Crippen LogP contribution in [-0.2, 0) is 6.54 Å². The first-order chi connectivity index (χ1) is 24.9. The van der Waals surface area contributed by atoms with Gasteiger partial charge in [-0.15, -0.1) is 16.4 Å². The molecular formula is C38H35N9O3S. The van der Waals surface area contributed by atoms with Gasteiger partial charge in [0.2, 0.25) is 0 Å². The Balaban J connectivity index is 0.968. The topological polar surface area (TPSA) is 120 Å². The van der Waals surface area contributed by atoms with Gasteiger partial charge in [-0.2, -0.15) is 4.98 Å². The van der Waals surface area contributed by atoms with E-state index in [2.05, 4.69) is 74.0 Å². The van der Waals surface area contributed by atoms with E-state index in [1.54, 1.807) is 18.0 Å². The second-order valence-corrected chi connectivity index (χ2v) is 13.5. The third kappa shape index (κ3) is 6.16. The minimum Gasteiger partial charge on any atom is -0.467 e. The molecule has 5 aromatic heterocycles. The van der Waals surface area contributed by atoms with Crippen LogP contribution in [0.2, 0.25) is 0 Å². The third-order valence-electron chi connectivity index (χ3n) is 9.28. The summed E-state index contributed by atoms with van der Waals surface area (Å²) in [5.41, 5.74) is 8.71. The van der Waals surface area contributed by atoms with Gasteiger partial charge in [-0.05, 0) is 55.3 Å². The Hall–Kier alpha value is -6.08. The van der Waals surface area contributed by atoms with Gasteiger partial charge < -0.3 is 23.5 Å². The lowest BCUT2D eigenvalue weighted by Gasteiger charge is -2.38. The van der Waals surface area contributed by atoms with Crippen molar-refractivity contribution < 1.29 is 13.9 Å². The zero-order valence-corrected chi connectivity index (χ0v) is 29.4. The zero-order chi connectivity index (χ0) is 35.1. The van der Waals surface area contributed by atoms with E-state index in [9.17, 15) is 4.79 Å². The Bertz CT molecular complexity index is 2320. The molecule has 1 aliphatic heterocycles. The van der Waals surface area contributed by atoms with Crippen molar-refractivity contribution in [1.82, 2.24) is 39.4 Å². The van der Waals surface area contributed by atoms with Crippen LogP contribution in [0, 0.1) is 13.8 Å². The molecule has 0 unspecified atom stereocenters. The van der Waals surface area contributed by atoms with Crippen molar-refractivity contribution in [3.8, 4) is 34.1 Å². The van der Waals surface area contributed by atoms with E-state index in [0.717, 1.165) is 55.7 Å². The summed E-state index contributed by atoms with van der Waals surface area (Å²) in [7, 11) is 3.49. The van der Waals surface area contributed by atoms with Gasteiger partial charge >= 0.3 is 6.01 Å². The number of ether oxygens (including phenoxy) is 1. The molecule has 0 spiro atoms. The van der Waals surface area contributed by atoms with Crippen LogP contribution in [0.15, 0.2) is 102 Å². The summed E-state index contributed by atoms with van der Waals surface area (Å²) in [6.45, 7) is 5.61. The molecule has 1 amide bonds. The summed E-state index contributed by atoms with van der Waals surface area (Å²) in [4.78, 5) is 31.6. The van der Waals surface area contributed by atoms with Crippen LogP contribution in [0.3, 0.4) is 0 Å². The lowest BCUT2D eigenvalue weighted by atomic mass is 9.95. The smallest absolute Gasteiger partial charge is 0.318 e. The summed E-state index contributed by atoms with van der Waals surface area (Å²) < 4.78 is 14.9. The summed E-state index contributed by atoms with van der Waals surface area (Å²) >= 11 is 1.49. The molecule has 2 aromatic carbocycles. The first-order valence-corrected chi connectivity index (χ1v) is 17.4. The maximum absolute atomic E-state index is 13.9. The fraction of sp³-hybridized carbons (Fsp3) is 0.211. The van der Waals surface area contributed by atoms with E-state index >= 15 is 0 Å². The lowest BCUT2D eigenvalue weighted by molar-refractivity contribution is 0.0585. The van der Waals surface area contributed by atoms with E-state index in [0.29, 0.717) is 31.5 Å². The van der Waals surface area contributed by atoms with Gasteiger partial charge in [0.1, 0.15) is 27.8 Å². The number of rotatable bonds is 10. The first kappa shape index (κ1) is 32.1. The van der Waals surface area contributed by atoms with Gasteiger partial charge in [0, 0.05) is 60.9 Å². The van der Waals surface area contributed by atoms with Crippen molar-refractivity contribution in [3.63, 3.8) is 0 Å². The molecule has 0 atom stereocenters. The number of thiophene rings is 1. The summed E-state index contributed by atoms with van der Waals surface area (Å²) in [5, 5.41) is 11.0. The van der Waals surface area contributed by atoms with Crippen molar-refractivity contribution in [2.24, 2.45) is 0 Å². The predicted octanol–water partition coefficient (Wildman–Crippen LogP) is 6.92. The van der Waals surface area contributed by atoms with Crippen molar-refractivity contribution in [2.75, 3.05) is 32.1 Å². The number of nitrogens with zero attached hydrogens (tertiary/aromatic N) is 9. The normalized spacial score (nSPS) is 13.0. The van der Waals surface area contributed by atoms with Gasteiger partial charge in [-0.1, -0.05) is 41.1 Å². The van der Waals surface area contributed by atoms with Crippen LogP contribution in [0.5, 0.6) is 6.01 Å². The number of amides is 1. The van der Waals surface area contributed by atoms with E-state index in [4.69, 9.17) is 9.15 Å². The first-order valence-electron chi connectivity index (χ1n) is 16.5. The Kier molecular flexibility index (Phi) is 8.40. The van der Waals surface area contributed by atoms with Crippen LogP contribution in [-0.4, -0.2) is 72.6 Å². The largest absolute Gasteiger partial charge is 0.467 e. The number of carbonyl (C=O) groups excluding carboxylic acids is 1. The Morgan fingerprint density at radius 3 is 2.63 bits per heavy atom. The van der Waals surface area contributed by atoms with Crippen LogP contribution < -0.4 is 9.64 Å². The van der Waals surface area contributed by atoms with E-state index in [1.807, 2.05) is 71.2 Å². The molecule has 8 rings (SSSR count). The number of oxazole rings is 1. The maximum atomic E-state index is 13.9. The number of likely N-dealkylation sites (tertiary alicyclic amines) is 1. The minimum absolute atomic E-state index is 0.0161. The second kappa shape index (κ2) is 13.3. The van der Waals surface area contributed by atoms with Crippen molar-refractivity contribution >= 4 is 28.7 Å². The molecular weight excluding hydrogens is 663 g/mol. The summed E-state index contributed by atoms with van der Waals surface area (Å²) in [5.74, 6) is 1.53. The Labute approximate surface area is 298 Å². The van der Waals surface area contributed by atoms with Crippen LogP contribution in [0.25, 0.3) is 28.1 Å². The quantitative estimate of drug-likeness (QED) is 0.150. The van der Waals surface area contributed by atoms with E-state index in [-0.39, 0.29) is 11.8 Å². The summed E-state index contributed by atoms with van der Waals surface area (Å²) in [6, 6.07) is 20.7. The molecule has 1 saturated heterocycles. The van der Waals surface area contributed by atoms with Crippen molar-refractivity contribution in [3.05, 3.63) is 125 Å². The number of benzene rings is 2. The molecule has 1 fully saturated rings. The van der Waals surface area contributed by atoms with Crippen molar-refractivity contribution in [2.45, 2.75) is 26.3 Å². The SMILES string of the molecule is COc1nccc(N(C)c2ccc(C)c(-c3cn(Cc4ncoc4C4CN(C(=O)c5scc(-c6ccc(C)cc6)c5-n5cccc5)C4)nn3)c2)n1. The monoisotopic (exact) mass is 697 g/mol. The molecule has 1 aliphatic rings. The zero-order valence-electron chi connectivity index (χ0n) is 28.6. The highest BCUT2D eigenvalue weighted by atomic mass is 32.1. The molecule has 6 heterocycles. The van der Waals surface area contributed by atoms with Gasteiger partial charge in [0.15, 0.2) is 6.39 Å². The third-order valence-corrected chi connectivity index (χ3v) is 10.2. The van der Waals surface area contributed by atoms with Gasteiger partial charge in [-0.3, -0.25) is 4.79 Å². The lowest BCUT2D eigenvalue weighted by Crippen LogP contribution is -2.48. The van der Waals surface area contributed by atoms with Gasteiger partial charge in [0.25, 0.3) is 5.91 Å². The van der Waals surface area contributed by atoms with Crippen molar-refractivity contribution in [1.29, 1.82) is 0 Å². The molecule has 0 aliphatic carbocycles. The number of aromatic nitrogens is 7. The Morgan fingerprint density at radius 1 is 1.04 bits per heavy atom. The van der Waals surface area contributed by atoms with E-state index in [1.165, 1.54) is 23.3 Å². The van der Waals surface area contributed by atoms with Gasteiger partial charge in [-0.25, -0.2) is 14.6 Å². The summed E-state index contributed by atoms with van der Waals surface area (Å²) in [6.07, 6.45) is 9.03. The van der Waals surface area contributed by atoms with Crippen LogP contribution in [0.4, 0.5) is 11.5 Å². The average molecular weight is 698 g/mol. The predicted molar refractivity (Wildman–Crippen MR) is 195 cm³/mol. The molecule has 7 aromatic rings. The molecule has 0 saturated carbocycles. The molecule has 0 radical (unpaired) electrons. The Morgan fingerprint density at radius 2 is 1.84 bits per heavy atom. The number of carbonyl (C=O) groups is 1. The van der Waals surface area contributed by atoms with Gasteiger partial charge in [0.05, 0.1) is 31.5 Å². The highest BCUT2D eigenvalue weighted by Gasteiger charge is 2.38. The molecule has 0 N–H and O–H groups in total. The highest BCUT2D eigenvalue weighted by Crippen LogP contribution is 2.38. The standard InChI is InChI=1S/C38H35N9O3S/c1-24-7-10-26(11-8-24)30-22-51-36(34(30)45-15-5-6-16-45)37(48)46-18-27(19-46)35-32(40-23-50-35)21-47-20-31(42-43-47)29-17-28(12-9-25(29)2)44(3)33-13-14-39-38(41-33)49-4/h5-17,20,22-23,27H,18-19,21H2,1-4H3. The fourth-order valence-corrected chi connectivity index (χ4v) is 7.40. The molecule has 256 valence electrons. The average Bonchev–Trinajstić information content (AvgIpc) is 3.96. The number of hydrogen-bond acceptors (Lipinski definition) is 10. The van der Waals surface area contributed by atoms with E-state index < -0.39 is 0 Å². The van der Waals surface area contributed by atoms with Crippen LogP contribution in [0.1, 0.15) is 38.2 Å². The molecule has 0 bridgehead atoms.